The molecule has 5 atom stereocenters. The monoisotopic (exact) mass is 428 g/mol. The standard InChI is InChI=1S/C26H37ClN2O/c1-17(2)29(3)8-4-5-18-6-7-23(27)22(10-18)24(30)28-16-25-12-19-9-20-11-21(14-25)26(20,13-19)15-25/h6-7,10,17,19-21H,4-5,8-9,11-16H2,1-3H3,(H,28,30). The first-order chi connectivity index (χ1) is 14.3. The fourth-order valence-corrected chi connectivity index (χ4v) is 8.00. The van der Waals surface area contributed by atoms with E-state index in [9.17, 15) is 4.79 Å². The molecule has 5 unspecified atom stereocenters. The van der Waals surface area contributed by atoms with E-state index in [0.29, 0.717) is 27.5 Å². The van der Waals surface area contributed by atoms with E-state index < -0.39 is 0 Å². The third-order valence-corrected chi connectivity index (χ3v) is 9.67. The number of rotatable bonds is 8. The molecule has 30 heavy (non-hydrogen) atoms. The molecule has 0 radical (unpaired) electrons. The molecule has 3 bridgehead atoms. The lowest BCUT2D eigenvalue weighted by Gasteiger charge is -2.49. The number of hydrogen-bond donors (Lipinski definition) is 1. The van der Waals surface area contributed by atoms with Crippen molar-refractivity contribution >= 4 is 17.5 Å². The molecule has 4 aliphatic carbocycles. The molecule has 1 aromatic carbocycles. The summed E-state index contributed by atoms with van der Waals surface area (Å²) in [6.07, 6.45) is 10.5. The van der Waals surface area contributed by atoms with E-state index in [1.165, 1.54) is 44.1 Å². The van der Waals surface area contributed by atoms with Crippen LogP contribution in [0, 0.1) is 28.6 Å². The summed E-state index contributed by atoms with van der Waals surface area (Å²) in [6.45, 7) is 6.34. The average molecular weight is 429 g/mol. The highest BCUT2D eigenvalue weighted by Gasteiger charge is 2.70. The second-order valence-electron chi connectivity index (χ2n) is 11.4. The molecule has 3 nitrogen and oxygen atoms in total. The molecular weight excluding hydrogens is 392 g/mol. The molecule has 5 rings (SSSR count). The Morgan fingerprint density at radius 1 is 1.23 bits per heavy atom. The first-order valence-corrected chi connectivity index (χ1v) is 12.4. The highest BCUT2D eigenvalue weighted by atomic mass is 35.5. The SMILES string of the molecule is CC(C)N(C)CCCc1ccc(Cl)c(C(=O)NCC23CC4CC5CC(C2)C5(C4)C3)c1. The lowest BCUT2D eigenvalue weighted by atomic mass is 9.55. The van der Waals surface area contributed by atoms with Crippen molar-refractivity contribution in [3.05, 3.63) is 34.3 Å². The Hall–Kier alpha value is -1.06. The average Bonchev–Trinajstić information content (AvgIpc) is 3.02. The van der Waals surface area contributed by atoms with Crippen LogP contribution in [0.1, 0.15) is 74.7 Å². The molecule has 1 spiro atoms. The van der Waals surface area contributed by atoms with Gasteiger partial charge in [0.25, 0.3) is 5.91 Å². The van der Waals surface area contributed by atoms with Gasteiger partial charge in [0.15, 0.2) is 0 Å². The molecule has 4 saturated carbocycles. The zero-order chi connectivity index (χ0) is 21.1. The van der Waals surface area contributed by atoms with E-state index in [2.05, 4.69) is 37.2 Å². The molecule has 1 aromatic rings. The number of halogens is 1. The zero-order valence-corrected chi connectivity index (χ0v) is 19.6. The Labute approximate surface area is 186 Å². The van der Waals surface area contributed by atoms with E-state index in [1.54, 1.807) is 0 Å². The fourth-order valence-electron chi connectivity index (χ4n) is 7.80. The van der Waals surface area contributed by atoms with Gasteiger partial charge < -0.3 is 10.2 Å². The summed E-state index contributed by atoms with van der Waals surface area (Å²) in [7, 11) is 2.17. The third kappa shape index (κ3) is 3.41. The normalized spacial score (nSPS) is 35.7. The maximum Gasteiger partial charge on any atom is 0.252 e. The summed E-state index contributed by atoms with van der Waals surface area (Å²) >= 11 is 6.43. The molecule has 4 fully saturated rings. The van der Waals surface area contributed by atoms with Crippen LogP contribution in [0.3, 0.4) is 0 Å². The van der Waals surface area contributed by atoms with Crippen LogP contribution in [-0.4, -0.2) is 37.0 Å². The van der Waals surface area contributed by atoms with E-state index >= 15 is 0 Å². The number of carbonyl (C=O) groups is 1. The second kappa shape index (κ2) is 7.52. The lowest BCUT2D eigenvalue weighted by molar-refractivity contribution is -0.00253. The van der Waals surface area contributed by atoms with Crippen molar-refractivity contribution in [3.63, 3.8) is 0 Å². The molecule has 4 aliphatic rings. The van der Waals surface area contributed by atoms with Gasteiger partial charge in [-0.3, -0.25) is 4.79 Å². The summed E-state index contributed by atoms with van der Waals surface area (Å²) in [4.78, 5) is 15.4. The van der Waals surface area contributed by atoms with Crippen LogP contribution in [0.15, 0.2) is 18.2 Å². The van der Waals surface area contributed by atoms with E-state index in [1.807, 2.05) is 12.1 Å². The van der Waals surface area contributed by atoms with Gasteiger partial charge in [-0.1, -0.05) is 17.7 Å². The lowest BCUT2D eigenvalue weighted by Crippen LogP contribution is -2.43. The van der Waals surface area contributed by atoms with Gasteiger partial charge in [0.1, 0.15) is 0 Å². The Balaban J connectivity index is 1.20. The Bertz CT molecular complexity index is 834. The number of nitrogens with one attached hydrogen (secondary N) is 1. The summed E-state index contributed by atoms with van der Waals surface area (Å²) in [6, 6.07) is 6.55. The molecule has 164 valence electrons. The molecular formula is C26H37ClN2O. The van der Waals surface area contributed by atoms with E-state index in [-0.39, 0.29) is 5.91 Å². The number of nitrogens with zero attached hydrogens (tertiary/aromatic N) is 1. The second-order valence-corrected chi connectivity index (χ2v) is 11.8. The summed E-state index contributed by atoms with van der Waals surface area (Å²) in [5.74, 6) is 2.89. The minimum Gasteiger partial charge on any atom is -0.351 e. The molecule has 4 heteroatoms. The van der Waals surface area contributed by atoms with Gasteiger partial charge in [0.05, 0.1) is 10.6 Å². The highest BCUT2D eigenvalue weighted by molar-refractivity contribution is 6.33. The minimum atomic E-state index is 0.0155. The van der Waals surface area contributed by atoms with Crippen LogP contribution < -0.4 is 5.32 Å². The summed E-state index contributed by atoms with van der Waals surface area (Å²) < 4.78 is 0. The van der Waals surface area contributed by atoms with Crippen molar-refractivity contribution in [2.75, 3.05) is 20.1 Å². The smallest absolute Gasteiger partial charge is 0.252 e. The number of amides is 1. The van der Waals surface area contributed by atoms with Crippen LogP contribution in [-0.2, 0) is 6.42 Å². The van der Waals surface area contributed by atoms with Gasteiger partial charge in [0.2, 0.25) is 0 Å². The molecule has 0 aromatic heterocycles. The fraction of sp³-hybridized carbons (Fsp3) is 0.731. The quantitative estimate of drug-likeness (QED) is 0.587. The highest BCUT2D eigenvalue weighted by Crippen LogP contribution is 2.78. The van der Waals surface area contributed by atoms with Gasteiger partial charge >= 0.3 is 0 Å². The van der Waals surface area contributed by atoms with E-state index in [0.717, 1.165) is 43.7 Å². The number of hydrogen-bond acceptors (Lipinski definition) is 2. The van der Waals surface area contributed by atoms with Gasteiger partial charge in [0, 0.05) is 12.6 Å². The maximum atomic E-state index is 13.1. The first kappa shape index (κ1) is 20.8. The van der Waals surface area contributed by atoms with Crippen LogP contribution in [0.25, 0.3) is 0 Å². The van der Waals surface area contributed by atoms with Crippen LogP contribution >= 0.6 is 11.6 Å². The predicted molar refractivity (Wildman–Crippen MR) is 123 cm³/mol. The van der Waals surface area contributed by atoms with Gasteiger partial charge in [-0.05, 0) is 125 Å². The molecule has 1 amide bonds. The van der Waals surface area contributed by atoms with Gasteiger partial charge in [-0.25, -0.2) is 0 Å². The van der Waals surface area contributed by atoms with Gasteiger partial charge in [-0.2, -0.15) is 0 Å². The van der Waals surface area contributed by atoms with Gasteiger partial charge in [-0.15, -0.1) is 0 Å². The van der Waals surface area contributed by atoms with Crippen molar-refractivity contribution in [2.24, 2.45) is 28.6 Å². The largest absolute Gasteiger partial charge is 0.351 e. The van der Waals surface area contributed by atoms with Crippen molar-refractivity contribution in [3.8, 4) is 0 Å². The molecule has 1 N–H and O–H groups in total. The number of fused-ring (bicyclic) bond motifs is 2. The first-order valence-electron chi connectivity index (χ1n) is 12.1. The minimum absolute atomic E-state index is 0.0155. The molecule has 0 saturated heterocycles. The summed E-state index contributed by atoms with van der Waals surface area (Å²) in [5, 5.41) is 3.89. The summed E-state index contributed by atoms with van der Waals surface area (Å²) in [5.41, 5.74) is 2.89. The van der Waals surface area contributed by atoms with Crippen LogP contribution in [0.4, 0.5) is 0 Å². The molecule has 0 aliphatic heterocycles. The Morgan fingerprint density at radius 2 is 2.07 bits per heavy atom. The number of aryl methyl sites for hydroxylation is 1. The van der Waals surface area contributed by atoms with Crippen molar-refractivity contribution in [2.45, 2.75) is 71.3 Å². The zero-order valence-electron chi connectivity index (χ0n) is 18.8. The van der Waals surface area contributed by atoms with Crippen LogP contribution in [0.2, 0.25) is 5.02 Å². The van der Waals surface area contributed by atoms with Crippen molar-refractivity contribution in [1.82, 2.24) is 10.2 Å². The van der Waals surface area contributed by atoms with E-state index in [4.69, 9.17) is 11.6 Å². The molecule has 0 heterocycles. The predicted octanol–water partition coefficient (Wildman–Crippen LogP) is 5.56. The Morgan fingerprint density at radius 3 is 2.87 bits per heavy atom. The van der Waals surface area contributed by atoms with Crippen molar-refractivity contribution < 1.29 is 4.79 Å². The Kier molecular flexibility index (Phi) is 5.22. The maximum absolute atomic E-state index is 13.1. The number of benzene rings is 1. The van der Waals surface area contributed by atoms with Crippen LogP contribution in [0.5, 0.6) is 0 Å². The topological polar surface area (TPSA) is 32.3 Å². The van der Waals surface area contributed by atoms with Crippen molar-refractivity contribution in [1.29, 1.82) is 0 Å². The number of carbonyl (C=O) groups excluding carboxylic acids is 1. The third-order valence-electron chi connectivity index (χ3n) is 9.34.